The Hall–Kier alpha value is -2.49. The average molecular weight is 311 g/mol. The van der Waals surface area contributed by atoms with Crippen molar-refractivity contribution in [3.8, 4) is 5.75 Å². The minimum Gasteiger partial charge on any atom is -0.508 e. The highest BCUT2D eigenvalue weighted by atomic mass is 16.3. The normalized spacial score (nSPS) is 11.3. The van der Waals surface area contributed by atoms with E-state index in [0.29, 0.717) is 6.54 Å². The van der Waals surface area contributed by atoms with Gasteiger partial charge in [-0.25, -0.2) is 4.99 Å². The molecule has 0 saturated heterocycles. The fraction of sp³-hybridized carbons (Fsp3) is 0.316. The predicted octanol–water partition coefficient (Wildman–Crippen LogP) is 3.21. The Kier molecular flexibility index (Phi) is 6.48. The minimum atomic E-state index is 0.271. The minimum absolute atomic E-state index is 0.271. The molecule has 0 spiro atoms. The number of hydrogen-bond donors (Lipinski definition) is 3. The zero-order valence-corrected chi connectivity index (χ0v) is 13.8. The molecule has 2 rings (SSSR count). The number of aryl methyl sites for hydroxylation is 1. The van der Waals surface area contributed by atoms with Gasteiger partial charge < -0.3 is 15.7 Å². The van der Waals surface area contributed by atoms with Gasteiger partial charge in [-0.1, -0.05) is 43.3 Å². The first-order chi connectivity index (χ1) is 11.2. The van der Waals surface area contributed by atoms with Gasteiger partial charge in [0.25, 0.3) is 0 Å². The van der Waals surface area contributed by atoms with Gasteiger partial charge in [0.2, 0.25) is 0 Å². The molecule has 0 bridgehead atoms. The molecule has 0 unspecified atom stereocenters. The zero-order valence-electron chi connectivity index (χ0n) is 13.8. The molecule has 4 heteroatoms. The topological polar surface area (TPSA) is 56.7 Å². The molecule has 3 N–H and O–H groups in total. The van der Waals surface area contributed by atoms with Crippen LogP contribution in [0.1, 0.15) is 30.5 Å². The maximum Gasteiger partial charge on any atom is 0.191 e. The van der Waals surface area contributed by atoms with Crippen molar-refractivity contribution in [3.05, 3.63) is 65.2 Å². The summed E-state index contributed by atoms with van der Waals surface area (Å²) in [6.45, 7) is 6.29. The Morgan fingerprint density at radius 1 is 1.00 bits per heavy atom. The smallest absolute Gasteiger partial charge is 0.191 e. The van der Waals surface area contributed by atoms with Gasteiger partial charge in [-0.2, -0.15) is 0 Å². The van der Waals surface area contributed by atoms with Crippen LogP contribution in [-0.4, -0.2) is 17.6 Å². The molecule has 0 heterocycles. The Labute approximate surface area is 138 Å². The highest BCUT2D eigenvalue weighted by molar-refractivity contribution is 5.79. The maximum atomic E-state index is 9.51. The van der Waals surface area contributed by atoms with E-state index in [2.05, 4.69) is 46.8 Å². The number of phenols is 1. The summed E-state index contributed by atoms with van der Waals surface area (Å²) in [5.41, 5.74) is 3.62. The molecule has 2 aromatic rings. The van der Waals surface area contributed by atoms with Crippen molar-refractivity contribution in [1.82, 2.24) is 10.6 Å². The first-order valence-electron chi connectivity index (χ1n) is 8.09. The van der Waals surface area contributed by atoms with Crippen LogP contribution in [0.2, 0.25) is 0 Å². The van der Waals surface area contributed by atoms with Crippen molar-refractivity contribution in [2.24, 2.45) is 4.99 Å². The number of rotatable bonds is 6. The summed E-state index contributed by atoms with van der Waals surface area (Å²) in [5, 5.41) is 16.1. The Bertz CT molecular complexity index is 653. The molecule has 0 aliphatic carbocycles. The molecule has 122 valence electrons. The predicted molar refractivity (Wildman–Crippen MR) is 95.6 cm³/mol. The molecule has 0 atom stereocenters. The summed E-state index contributed by atoms with van der Waals surface area (Å²) in [5.74, 6) is 1.05. The van der Waals surface area contributed by atoms with E-state index in [0.717, 1.165) is 31.0 Å². The molecule has 4 nitrogen and oxygen atoms in total. The van der Waals surface area contributed by atoms with Gasteiger partial charge in [-0.3, -0.25) is 0 Å². The van der Waals surface area contributed by atoms with E-state index >= 15 is 0 Å². The largest absolute Gasteiger partial charge is 0.508 e. The summed E-state index contributed by atoms with van der Waals surface area (Å²) >= 11 is 0. The molecule has 0 saturated carbocycles. The molecule has 0 aliphatic rings. The van der Waals surface area contributed by atoms with Crippen LogP contribution < -0.4 is 10.6 Å². The first-order valence-corrected chi connectivity index (χ1v) is 8.09. The van der Waals surface area contributed by atoms with Crippen LogP contribution in [0.5, 0.6) is 5.75 Å². The van der Waals surface area contributed by atoms with Crippen LogP contribution in [0.15, 0.2) is 53.5 Å². The number of guanidine groups is 1. The van der Waals surface area contributed by atoms with Gasteiger partial charge in [0.15, 0.2) is 5.96 Å². The second-order valence-electron chi connectivity index (χ2n) is 5.34. The second-order valence-corrected chi connectivity index (χ2v) is 5.34. The molecule has 0 fully saturated rings. The average Bonchev–Trinajstić information content (AvgIpc) is 2.57. The van der Waals surface area contributed by atoms with E-state index in [1.165, 1.54) is 11.1 Å². The van der Waals surface area contributed by atoms with Crippen molar-refractivity contribution >= 4 is 5.96 Å². The third-order valence-corrected chi connectivity index (χ3v) is 3.62. The van der Waals surface area contributed by atoms with Crippen LogP contribution in [-0.2, 0) is 19.5 Å². The number of benzene rings is 2. The van der Waals surface area contributed by atoms with Gasteiger partial charge >= 0.3 is 0 Å². The summed E-state index contributed by atoms with van der Waals surface area (Å²) in [4.78, 5) is 4.58. The van der Waals surface area contributed by atoms with Crippen molar-refractivity contribution in [2.75, 3.05) is 6.54 Å². The summed E-state index contributed by atoms with van der Waals surface area (Å²) < 4.78 is 0. The third kappa shape index (κ3) is 5.33. The lowest BCUT2D eigenvalue weighted by Crippen LogP contribution is -2.37. The number of phenolic OH excluding ortho intramolecular Hbond substituents is 1. The molecule has 0 aromatic heterocycles. The van der Waals surface area contributed by atoms with Gasteiger partial charge in [-0.15, -0.1) is 0 Å². The van der Waals surface area contributed by atoms with E-state index in [1.54, 1.807) is 12.1 Å². The van der Waals surface area contributed by atoms with Crippen molar-refractivity contribution in [3.63, 3.8) is 0 Å². The Morgan fingerprint density at radius 3 is 2.48 bits per heavy atom. The van der Waals surface area contributed by atoms with Crippen LogP contribution in [0.25, 0.3) is 0 Å². The van der Waals surface area contributed by atoms with E-state index in [-0.39, 0.29) is 5.75 Å². The second kappa shape index (κ2) is 8.83. The van der Waals surface area contributed by atoms with Crippen LogP contribution >= 0.6 is 0 Å². The number of aliphatic imine (C=N–C) groups is 1. The molecule has 0 aliphatic heterocycles. The lowest BCUT2D eigenvalue weighted by atomic mass is 10.1. The lowest BCUT2D eigenvalue weighted by molar-refractivity contribution is 0.474. The van der Waals surface area contributed by atoms with Crippen LogP contribution in [0, 0.1) is 0 Å². The van der Waals surface area contributed by atoms with Gasteiger partial charge in [0.05, 0.1) is 6.54 Å². The maximum absolute atomic E-state index is 9.51. The first kappa shape index (κ1) is 16.9. The number of nitrogens with zero attached hydrogens (tertiary/aromatic N) is 1. The molecular formula is C19H25N3O. The standard InChI is InChI=1S/C19H25N3O/c1-3-16-9-5-6-10-17(16)14-22-19(20-4-2)21-13-15-8-7-11-18(23)12-15/h5-12,23H,3-4,13-14H2,1-2H3,(H2,20,21,22). The SMILES string of the molecule is CCNC(=NCc1cccc(O)c1)NCc1ccccc1CC. The Balaban J connectivity index is 2.01. The molecular weight excluding hydrogens is 286 g/mol. The van der Waals surface area contributed by atoms with E-state index in [1.807, 2.05) is 19.1 Å². The van der Waals surface area contributed by atoms with E-state index in [9.17, 15) is 5.11 Å². The highest BCUT2D eigenvalue weighted by Gasteiger charge is 2.02. The molecule has 0 radical (unpaired) electrons. The van der Waals surface area contributed by atoms with E-state index in [4.69, 9.17) is 0 Å². The van der Waals surface area contributed by atoms with Gasteiger partial charge in [0.1, 0.15) is 5.75 Å². The molecule has 2 aromatic carbocycles. The zero-order chi connectivity index (χ0) is 16.5. The monoisotopic (exact) mass is 311 g/mol. The molecule has 0 amide bonds. The highest BCUT2D eigenvalue weighted by Crippen LogP contribution is 2.12. The number of aromatic hydroxyl groups is 1. The summed E-state index contributed by atoms with van der Waals surface area (Å²) in [6.07, 6.45) is 1.02. The van der Waals surface area contributed by atoms with Crippen molar-refractivity contribution < 1.29 is 5.11 Å². The third-order valence-electron chi connectivity index (χ3n) is 3.62. The van der Waals surface area contributed by atoms with E-state index < -0.39 is 0 Å². The van der Waals surface area contributed by atoms with Crippen molar-refractivity contribution in [2.45, 2.75) is 33.4 Å². The number of hydrogen-bond acceptors (Lipinski definition) is 2. The van der Waals surface area contributed by atoms with Gasteiger partial charge in [-0.05, 0) is 42.2 Å². The number of nitrogens with one attached hydrogen (secondary N) is 2. The fourth-order valence-electron chi connectivity index (χ4n) is 2.42. The van der Waals surface area contributed by atoms with Gasteiger partial charge in [0, 0.05) is 13.1 Å². The van der Waals surface area contributed by atoms with Crippen molar-refractivity contribution in [1.29, 1.82) is 0 Å². The summed E-state index contributed by atoms with van der Waals surface area (Å²) in [7, 11) is 0. The lowest BCUT2D eigenvalue weighted by Gasteiger charge is -2.13. The quantitative estimate of drug-likeness (QED) is 0.567. The fourth-order valence-corrected chi connectivity index (χ4v) is 2.42. The summed E-state index contributed by atoms with van der Waals surface area (Å²) in [6, 6.07) is 15.6. The van der Waals surface area contributed by atoms with Crippen LogP contribution in [0.4, 0.5) is 0 Å². The van der Waals surface area contributed by atoms with Crippen LogP contribution in [0.3, 0.4) is 0 Å². The molecule has 23 heavy (non-hydrogen) atoms. The Morgan fingerprint density at radius 2 is 1.78 bits per heavy atom.